The molecule has 0 N–H and O–H groups in total. The number of benzene rings is 1. The van der Waals surface area contributed by atoms with Crippen LogP contribution in [0.25, 0.3) is 0 Å². The lowest BCUT2D eigenvalue weighted by atomic mass is 10.0. The third-order valence-electron chi connectivity index (χ3n) is 9.47. The predicted octanol–water partition coefficient (Wildman–Crippen LogP) is 8.87. The molecule has 0 radical (unpaired) electrons. The zero-order chi connectivity index (χ0) is 36.6. The summed E-state index contributed by atoms with van der Waals surface area (Å²) < 4.78 is 48.1. The molecule has 2 aliphatic heterocycles. The number of allylic oxidation sites excluding steroid dienone is 3. The molecule has 11 heteroatoms. The maximum Gasteiger partial charge on any atom is 0.308 e. The quantitative estimate of drug-likeness (QED) is 0.0888. The molecule has 0 saturated carbocycles. The minimum Gasteiger partial charge on any atom is -0.493 e. The topological polar surface area (TPSA) is 90.9 Å². The highest BCUT2D eigenvalue weighted by Crippen LogP contribution is 2.39. The van der Waals surface area contributed by atoms with E-state index in [9.17, 15) is 4.79 Å². The number of hydrogen-bond donors (Lipinski definition) is 0. The standard InChI is InChI=1S/C38H61ClO9Si/c1-25(2)45-35(40)22-31(48-49(11,12)37(4,5)6)26(3)14-13-15-28(39)17-18-29-21-33(36(46-29)34-24-44-38(7,8)47-34)43-23-27-16-19-30(41-9)32(20-27)42-10/h14-16,19-20,25,29,31,33-34,36H,13,17-18,21-24H2,1-12H3/b26-14-,28-15-/t29-,31?,33-,34-,36+/m1/s1. The van der Waals surface area contributed by atoms with Gasteiger partial charge in [-0.25, -0.2) is 0 Å². The van der Waals surface area contributed by atoms with Crippen LogP contribution in [0.3, 0.4) is 0 Å². The lowest BCUT2D eigenvalue weighted by molar-refractivity contribution is -0.165. The van der Waals surface area contributed by atoms with Gasteiger partial charge in [0.05, 0.1) is 58.3 Å². The molecule has 0 bridgehead atoms. The Morgan fingerprint density at radius 3 is 2.41 bits per heavy atom. The van der Waals surface area contributed by atoms with Crippen LogP contribution < -0.4 is 9.47 Å². The van der Waals surface area contributed by atoms with E-state index in [4.69, 9.17) is 49.2 Å². The normalized spacial score (nSPS) is 24.0. The van der Waals surface area contributed by atoms with Gasteiger partial charge in [0, 0.05) is 11.5 Å². The highest BCUT2D eigenvalue weighted by molar-refractivity contribution is 6.74. The Kier molecular flexibility index (Phi) is 15.3. The van der Waals surface area contributed by atoms with Gasteiger partial charge in [0.25, 0.3) is 0 Å². The minimum atomic E-state index is -2.13. The molecule has 49 heavy (non-hydrogen) atoms. The molecule has 2 saturated heterocycles. The van der Waals surface area contributed by atoms with Crippen molar-refractivity contribution in [3.05, 3.63) is 46.5 Å². The second kappa shape index (κ2) is 18.0. The molecule has 3 rings (SSSR count). The molecule has 0 amide bonds. The van der Waals surface area contributed by atoms with E-state index in [-0.39, 0.29) is 54.1 Å². The van der Waals surface area contributed by atoms with Gasteiger partial charge in [0.2, 0.25) is 0 Å². The maximum atomic E-state index is 12.6. The zero-order valence-electron chi connectivity index (χ0n) is 31.9. The van der Waals surface area contributed by atoms with Gasteiger partial charge in [-0.15, -0.1) is 0 Å². The SMILES string of the molecule is COc1ccc(CO[C@@H]2C[C@@H](CC/C(Cl)=C/C/C=C(/C)C(CC(=O)OC(C)C)O[Si](C)(C)C(C)(C)C)O[C@@H]2[C@H]2COC(C)(C)O2)cc1OC. The van der Waals surface area contributed by atoms with E-state index < -0.39 is 14.1 Å². The summed E-state index contributed by atoms with van der Waals surface area (Å²) in [5, 5.41) is 0.778. The molecule has 278 valence electrons. The zero-order valence-corrected chi connectivity index (χ0v) is 33.6. The second-order valence-electron chi connectivity index (χ2n) is 15.3. The van der Waals surface area contributed by atoms with Gasteiger partial charge in [0.1, 0.15) is 12.2 Å². The fourth-order valence-electron chi connectivity index (χ4n) is 5.68. The van der Waals surface area contributed by atoms with Crippen LogP contribution >= 0.6 is 11.6 Å². The average Bonchev–Trinajstić information content (AvgIpc) is 3.59. The number of carbonyl (C=O) groups excluding carboxylic acids is 1. The first kappa shape index (κ1) is 41.5. The summed E-state index contributed by atoms with van der Waals surface area (Å²) in [6.07, 6.45) is 5.87. The first-order chi connectivity index (χ1) is 22.8. The molecule has 1 aromatic carbocycles. The largest absolute Gasteiger partial charge is 0.493 e. The Balaban J connectivity index is 1.63. The minimum absolute atomic E-state index is 0.0123. The summed E-state index contributed by atoms with van der Waals surface area (Å²) in [4.78, 5) is 12.6. The van der Waals surface area contributed by atoms with Crippen molar-refractivity contribution < 1.29 is 42.4 Å². The van der Waals surface area contributed by atoms with Gasteiger partial charge < -0.3 is 37.6 Å². The first-order valence-corrected chi connectivity index (χ1v) is 20.8. The molecule has 0 aromatic heterocycles. The maximum absolute atomic E-state index is 12.6. The van der Waals surface area contributed by atoms with E-state index in [2.05, 4.69) is 39.9 Å². The number of esters is 1. The van der Waals surface area contributed by atoms with Gasteiger partial charge in [-0.3, -0.25) is 4.79 Å². The highest BCUT2D eigenvalue weighted by atomic mass is 35.5. The van der Waals surface area contributed by atoms with Crippen molar-refractivity contribution in [2.24, 2.45) is 0 Å². The number of methoxy groups -OCH3 is 2. The fourth-order valence-corrected chi connectivity index (χ4v) is 7.21. The summed E-state index contributed by atoms with van der Waals surface area (Å²) in [5.41, 5.74) is 1.98. The van der Waals surface area contributed by atoms with Crippen LogP contribution in [-0.2, 0) is 39.5 Å². The summed E-state index contributed by atoms with van der Waals surface area (Å²) in [5.74, 6) is 0.419. The average molecular weight is 725 g/mol. The number of halogens is 1. The number of hydrogen-bond acceptors (Lipinski definition) is 9. The smallest absolute Gasteiger partial charge is 0.308 e. The number of carbonyl (C=O) groups is 1. The summed E-state index contributed by atoms with van der Waals surface area (Å²) in [6, 6.07) is 5.79. The molecule has 2 heterocycles. The van der Waals surface area contributed by atoms with E-state index >= 15 is 0 Å². The number of ether oxygens (including phenoxy) is 7. The van der Waals surface area contributed by atoms with Crippen LogP contribution in [0.2, 0.25) is 18.1 Å². The van der Waals surface area contributed by atoms with Crippen molar-refractivity contribution in [2.45, 2.75) is 155 Å². The lowest BCUT2D eigenvalue weighted by Crippen LogP contribution is -2.44. The lowest BCUT2D eigenvalue weighted by Gasteiger charge is -2.39. The van der Waals surface area contributed by atoms with E-state index in [1.807, 2.05) is 58.9 Å². The molecule has 9 nitrogen and oxygen atoms in total. The molecule has 2 fully saturated rings. The Morgan fingerprint density at radius 1 is 1.12 bits per heavy atom. The Labute approximate surface area is 301 Å². The molecule has 0 aliphatic carbocycles. The van der Waals surface area contributed by atoms with Crippen molar-refractivity contribution in [3.63, 3.8) is 0 Å². The third-order valence-corrected chi connectivity index (χ3v) is 14.3. The van der Waals surface area contributed by atoms with Crippen LogP contribution in [0.1, 0.15) is 93.1 Å². The predicted molar refractivity (Wildman–Crippen MR) is 196 cm³/mol. The van der Waals surface area contributed by atoms with Gasteiger partial charge in [-0.05, 0) is 95.3 Å². The fraction of sp³-hybridized carbons (Fsp3) is 0.711. The number of rotatable bonds is 17. The van der Waals surface area contributed by atoms with E-state index in [1.165, 1.54) is 0 Å². The summed E-state index contributed by atoms with van der Waals surface area (Å²) in [6.45, 7) is 21.4. The molecule has 1 aromatic rings. The second-order valence-corrected chi connectivity index (χ2v) is 20.6. The van der Waals surface area contributed by atoms with Crippen LogP contribution in [0.5, 0.6) is 11.5 Å². The molecular weight excluding hydrogens is 664 g/mol. The monoisotopic (exact) mass is 724 g/mol. The Bertz CT molecular complexity index is 1290. The Hall–Kier alpha value is -1.92. The van der Waals surface area contributed by atoms with E-state index in [1.54, 1.807) is 14.2 Å². The van der Waals surface area contributed by atoms with Gasteiger partial charge in [0.15, 0.2) is 25.6 Å². The summed E-state index contributed by atoms with van der Waals surface area (Å²) >= 11 is 6.74. The highest BCUT2D eigenvalue weighted by Gasteiger charge is 2.47. The van der Waals surface area contributed by atoms with Crippen LogP contribution in [0, 0.1) is 0 Å². The van der Waals surface area contributed by atoms with Crippen molar-refractivity contribution >= 4 is 25.9 Å². The van der Waals surface area contributed by atoms with Crippen molar-refractivity contribution in [3.8, 4) is 11.5 Å². The molecule has 1 unspecified atom stereocenters. The van der Waals surface area contributed by atoms with E-state index in [0.29, 0.717) is 37.6 Å². The van der Waals surface area contributed by atoms with Crippen molar-refractivity contribution in [1.82, 2.24) is 0 Å². The molecule has 0 spiro atoms. The third kappa shape index (κ3) is 12.7. The summed E-state index contributed by atoms with van der Waals surface area (Å²) in [7, 11) is 1.11. The molecule has 5 atom stereocenters. The molecular formula is C38H61ClO9Si. The van der Waals surface area contributed by atoms with Crippen LogP contribution in [0.4, 0.5) is 0 Å². The van der Waals surface area contributed by atoms with E-state index in [0.717, 1.165) is 29.0 Å². The Morgan fingerprint density at radius 2 is 1.82 bits per heavy atom. The van der Waals surface area contributed by atoms with Crippen LogP contribution in [-0.4, -0.2) is 77.5 Å². The molecule has 2 aliphatic rings. The van der Waals surface area contributed by atoms with Crippen LogP contribution in [0.15, 0.2) is 41.0 Å². The van der Waals surface area contributed by atoms with Crippen molar-refractivity contribution in [1.29, 1.82) is 0 Å². The van der Waals surface area contributed by atoms with Gasteiger partial charge >= 0.3 is 5.97 Å². The van der Waals surface area contributed by atoms with Gasteiger partial charge in [-0.2, -0.15) is 0 Å². The first-order valence-electron chi connectivity index (χ1n) is 17.5. The van der Waals surface area contributed by atoms with Crippen molar-refractivity contribution in [2.75, 3.05) is 20.8 Å². The van der Waals surface area contributed by atoms with Gasteiger partial charge in [-0.1, -0.05) is 50.6 Å².